The molecule has 1 atom stereocenters. The Hall–Kier alpha value is -2.28. The highest BCUT2D eigenvalue weighted by atomic mass is 16.5. The van der Waals surface area contributed by atoms with Gasteiger partial charge in [0.2, 0.25) is 5.76 Å². The van der Waals surface area contributed by atoms with Crippen LogP contribution in [-0.4, -0.2) is 42.3 Å². The summed E-state index contributed by atoms with van der Waals surface area (Å²) in [6.45, 7) is 5.68. The summed E-state index contributed by atoms with van der Waals surface area (Å²) < 4.78 is 21.6. The molecule has 0 N–H and O–H groups in total. The van der Waals surface area contributed by atoms with Gasteiger partial charge in [-0.2, -0.15) is 0 Å². The summed E-state index contributed by atoms with van der Waals surface area (Å²) in [5.41, 5.74) is 0. The van der Waals surface area contributed by atoms with Gasteiger partial charge in [0.1, 0.15) is 17.6 Å². The lowest BCUT2D eigenvalue weighted by atomic mass is 10.1. The first-order valence-corrected chi connectivity index (χ1v) is 7.79. The summed E-state index contributed by atoms with van der Waals surface area (Å²) >= 11 is 0. The van der Waals surface area contributed by atoms with Gasteiger partial charge in [-0.05, 0) is 24.2 Å². The van der Waals surface area contributed by atoms with Gasteiger partial charge < -0.3 is 23.3 Å². The number of hydrogen-bond acceptors (Lipinski definition) is 6. The summed E-state index contributed by atoms with van der Waals surface area (Å²) in [5.74, 6) is 1.83. The van der Waals surface area contributed by atoms with Gasteiger partial charge in [-0.3, -0.25) is 4.79 Å². The standard InChI is InChI=1S/C16H20N2O5/c1-3-11-5-6-13(22-11)12-10-20-8-7-18(12)16(19)14-9-15(17-23-14)21-4-2/h5-6,9,12H,3-4,7-8,10H2,1-2H3. The number of ether oxygens (including phenoxy) is 2. The largest absolute Gasteiger partial charge is 0.476 e. The number of aromatic nitrogens is 1. The fourth-order valence-electron chi connectivity index (χ4n) is 2.56. The summed E-state index contributed by atoms with van der Waals surface area (Å²) in [4.78, 5) is 14.4. The van der Waals surface area contributed by atoms with E-state index in [0.29, 0.717) is 32.2 Å². The van der Waals surface area contributed by atoms with Gasteiger partial charge in [0.15, 0.2) is 0 Å². The number of morpholine rings is 1. The van der Waals surface area contributed by atoms with Crippen LogP contribution in [0.4, 0.5) is 0 Å². The zero-order chi connectivity index (χ0) is 16.2. The Bertz CT molecular complexity index is 663. The van der Waals surface area contributed by atoms with Crippen molar-refractivity contribution in [3.05, 3.63) is 35.5 Å². The van der Waals surface area contributed by atoms with Crippen LogP contribution in [0.3, 0.4) is 0 Å². The molecule has 1 amide bonds. The monoisotopic (exact) mass is 320 g/mol. The molecular weight excluding hydrogens is 300 g/mol. The number of aryl methyl sites for hydroxylation is 1. The number of amides is 1. The lowest BCUT2D eigenvalue weighted by Crippen LogP contribution is -2.43. The second kappa shape index (κ2) is 6.87. The number of hydrogen-bond donors (Lipinski definition) is 0. The fraction of sp³-hybridized carbons (Fsp3) is 0.500. The molecule has 1 fully saturated rings. The summed E-state index contributed by atoms with van der Waals surface area (Å²) in [6, 6.07) is 5.06. The molecule has 3 heterocycles. The van der Waals surface area contributed by atoms with Gasteiger partial charge in [-0.25, -0.2) is 0 Å². The van der Waals surface area contributed by atoms with Crippen molar-refractivity contribution in [3.8, 4) is 5.88 Å². The first kappa shape index (κ1) is 15.6. The maximum Gasteiger partial charge on any atom is 0.293 e. The van der Waals surface area contributed by atoms with Gasteiger partial charge in [-0.1, -0.05) is 6.92 Å². The van der Waals surface area contributed by atoms with E-state index in [-0.39, 0.29) is 17.7 Å². The minimum Gasteiger partial charge on any atom is -0.476 e. The SMILES string of the molecule is CCOc1cc(C(=O)N2CCOCC2c2ccc(CC)o2)on1. The van der Waals surface area contributed by atoms with E-state index in [1.54, 1.807) is 4.90 Å². The Morgan fingerprint density at radius 2 is 2.30 bits per heavy atom. The van der Waals surface area contributed by atoms with Gasteiger partial charge in [0, 0.05) is 13.0 Å². The van der Waals surface area contributed by atoms with Crippen molar-refractivity contribution >= 4 is 5.91 Å². The smallest absolute Gasteiger partial charge is 0.293 e. The molecule has 0 bridgehead atoms. The van der Waals surface area contributed by atoms with Gasteiger partial charge >= 0.3 is 0 Å². The van der Waals surface area contributed by atoms with Crippen molar-refractivity contribution in [3.63, 3.8) is 0 Å². The Morgan fingerprint density at radius 1 is 1.43 bits per heavy atom. The molecule has 23 heavy (non-hydrogen) atoms. The van der Waals surface area contributed by atoms with Crippen molar-refractivity contribution in [2.75, 3.05) is 26.4 Å². The highest BCUT2D eigenvalue weighted by Crippen LogP contribution is 2.28. The molecule has 0 spiro atoms. The van der Waals surface area contributed by atoms with E-state index in [1.807, 2.05) is 26.0 Å². The molecule has 2 aromatic heterocycles. The van der Waals surface area contributed by atoms with Crippen molar-refractivity contribution in [2.24, 2.45) is 0 Å². The Morgan fingerprint density at radius 3 is 3.04 bits per heavy atom. The quantitative estimate of drug-likeness (QED) is 0.842. The van der Waals surface area contributed by atoms with Crippen molar-refractivity contribution in [1.82, 2.24) is 10.1 Å². The average molecular weight is 320 g/mol. The molecule has 2 aromatic rings. The molecule has 0 aliphatic carbocycles. The second-order valence-corrected chi connectivity index (χ2v) is 5.21. The molecule has 3 rings (SSSR count). The van der Waals surface area contributed by atoms with Crippen LogP contribution >= 0.6 is 0 Å². The highest BCUT2D eigenvalue weighted by Gasteiger charge is 2.33. The molecule has 1 saturated heterocycles. The molecule has 1 unspecified atom stereocenters. The van der Waals surface area contributed by atoms with E-state index in [2.05, 4.69) is 5.16 Å². The number of rotatable bonds is 5. The number of carbonyl (C=O) groups is 1. The molecule has 124 valence electrons. The van der Waals surface area contributed by atoms with Crippen LogP contribution in [-0.2, 0) is 11.2 Å². The minimum atomic E-state index is -0.266. The molecular formula is C16H20N2O5. The fourth-order valence-corrected chi connectivity index (χ4v) is 2.56. The Balaban J connectivity index is 1.80. The van der Waals surface area contributed by atoms with Gasteiger partial charge in [-0.15, -0.1) is 0 Å². The predicted molar refractivity (Wildman–Crippen MR) is 80.4 cm³/mol. The van der Waals surface area contributed by atoms with E-state index < -0.39 is 0 Å². The van der Waals surface area contributed by atoms with E-state index in [0.717, 1.165) is 17.9 Å². The Labute approximate surface area is 134 Å². The molecule has 7 heteroatoms. The highest BCUT2D eigenvalue weighted by molar-refractivity contribution is 5.92. The van der Waals surface area contributed by atoms with Crippen molar-refractivity contribution in [1.29, 1.82) is 0 Å². The third-order valence-corrected chi connectivity index (χ3v) is 3.74. The van der Waals surface area contributed by atoms with Gasteiger partial charge in [0.25, 0.3) is 11.8 Å². The van der Waals surface area contributed by atoms with Crippen LogP contribution in [0.2, 0.25) is 0 Å². The van der Waals surface area contributed by atoms with E-state index in [9.17, 15) is 4.79 Å². The summed E-state index contributed by atoms with van der Waals surface area (Å²) in [6.07, 6.45) is 0.807. The zero-order valence-electron chi connectivity index (χ0n) is 13.3. The van der Waals surface area contributed by atoms with Crippen LogP contribution in [0, 0.1) is 0 Å². The van der Waals surface area contributed by atoms with Gasteiger partial charge in [0.05, 0.1) is 25.9 Å². The molecule has 1 aliphatic heterocycles. The van der Waals surface area contributed by atoms with Crippen LogP contribution in [0.1, 0.15) is 42.0 Å². The third-order valence-electron chi connectivity index (χ3n) is 3.74. The summed E-state index contributed by atoms with van der Waals surface area (Å²) in [7, 11) is 0. The normalized spacial score (nSPS) is 18.2. The van der Waals surface area contributed by atoms with Crippen molar-refractivity contribution < 1.29 is 23.2 Å². The number of nitrogens with zero attached hydrogens (tertiary/aromatic N) is 2. The predicted octanol–water partition coefficient (Wildman–Crippen LogP) is 2.44. The lowest BCUT2D eigenvalue weighted by molar-refractivity contribution is -0.0108. The third kappa shape index (κ3) is 3.24. The van der Waals surface area contributed by atoms with E-state index in [4.69, 9.17) is 18.4 Å². The maximum absolute atomic E-state index is 12.7. The van der Waals surface area contributed by atoms with Crippen LogP contribution < -0.4 is 4.74 Å². The van der Waals surface area contributed by atoms with Crippen LogP contribution in [0.5, 0.6) is 5.88 Å². The van der Waals surface area contributed by atoms with Crippen LogP contribution in [0.15, 0.2) is 27.1 Å². The summed E-state index contributed by atoms with van der Waals surface area (Å²) in [5, 5.41) is 3.74. The molecule has 1 aliphatic rings. The first-order chi connectivity index (χ1) is 11.2. The topological polar surface area (TPSA) is 77.9 Å². The van der Waals surface area contributed by atoms with Crippen LogP contribution in [0.25, 0.3) is 0 Å². The number of furan rings is 1. The minimum absolute atomic E-state index is 0.155. The lowest BCUT2D eigenvalue weighted by Gasteiger charge is -2.33. The van der Waals surface area contributed by atoms with Crippen molar-refractivity contribution in [2.45, 2.75) is 26.3 Å². The maximum atomic E-state index is 12.7. The van der Waals surface area contributed by atoms with E-state index >= 15 is 0 Å². The molecule has 0 aromatic carbocycles. The average Bonchev–Trinajstić information content (AvgIpc) is 3.24. The molecule has 7 nitrogen and oxygen atoms in total. The Kier molecular flexibility index (Phi) is 4.66. The van der Waals surface area contributed by atoms with E-state index in [1.165, 1.54) is 6.07 Å². The first-order valence-electron chi connectivity index (χ1n) is 7.79. The second-order valence-electron chi connectivity index (χ2n) is 5.21. The number of carbonyl (C=O) groups excluding carboxylic acids is 1. The molecule has 0 saturated carbocycles. The zero-order valence-corrected chi connectivity index (χ0v) is 13.3. The molecule has 0 radical (unpaired) electrons.